The maximum Gasteiger partial charge on any atom is 0.0489 e. The molecule has 0 spiro atoms. The summed E-state index contributed by atoms with van der Waals surface area (Å²) in [5.41, 5.74) is 0. The normalized spacial score (nSPS) is 11.2. The van der Waals surface area contributed by atoms with E-state index in [1.807, 2.05) is 29.1 Å². The van der Waals surface area contributed by atoms with E-state index in [-0.39, 0.29) is 0 Å². The van der Waals surface area contributed by atoms with Crippen LogP contribution in [0.4, 0.5) is 0 Å². The maximum absolute atomic E-state index is 5.48. The van der Waals surface area contributed by atoms with Crippen molar-refractivity contribution >= 4 is 11.6 Å². The summed E-state index contributed by atoms with van der Waals surface area (Å²) in [5.74, 6) is 0.592. The van der Waals surface area contributed by atoms with Crippen LogP contribution in [0.15, 0.2) is 30.6 Å². The molecule has 0 bridgehead atoms. The van der Waals surface area contributed by atoms with Crippen LogP contribution in [0.5, 0.6) is 0 Å². The molecule has 1 heterocycles. The number of halogens is 1. The summed E-state index contributed by atoms with van der Waals surface area (Å²) in [6.45, 7) is 2.87. The van der Waals surface area contributed by atoms with Gasteiger partial charge in [-0.25, -0.2) is 0 Å². The SMILES string of the molecule is ClC/C=C/CNCCCn1cccn1. The highest BCUT2D eigenvalue weighted by atomic mass is 35.5. The Hall–Kier alpha value is -0.800. The zero-order valence-corrected chi connectivity index (χ0v) is 8.95. The van der Waals surface area contributed by atoms with E-state index in [2.05, 4.69) is 10.4 Å². The minimum absolute atomic E-state index is 0.592. The van der Waals surface area contributed by atoms with Gasteiger partial charge in [-0.15, -0.1) is 11.6 Å². The number of alkyl halides is 1. The first-order valence-corrected chi connectivity index (χ1v) is 5.36. The highest BCUT2D eigenvalue weighted by molar-refractivity contribution is 6.18. The van der Waals surface area contributed by atoms with Gasteiger partial charge in [-0.2, -0.15) is 5.10 Å². The zero-order chi connectivity index (χ0) is 10.1. The second kappa shape index (κ2) is 7.59. The lowest BCUT2D eigenvalue weighted by Gasteiger charge is -2.01. The molecule has 0 aromatic carbocycles. The van der Waals surface area contributed by atoms with Crippen LogP contribution in [0.25, 0.3) is 0 Å². The molecule has 1 rings (SSSR count). The Morgan fingerprint density at radius 2 is 2.36 bits per heavy atom. The van der Waals surface area contributed by atoms with Crippen LogP contribution in [0.3, 0.4) is 0 Å². The number of allylic oxidation sites excluding steroid dienone is 1. The van der Waals surface area contributed by atoms with Crippen LogP contribution < -0.4 is 5.32 Å². The molecule has 0 saturated carbocycles. The van der Waals surface area contributed by atoms with Gasteiger partial charge >= 0.3 is 0 Å². The highest BCUT2D eigenvalue weighted by Gasteiger charge is 1.89. The molecule has 0 aliphatic carbocycles. The molecule has 78 valence electrons. The van der Waals surface area contributed by atoms with Crippen molar-refractivity contribution in [2.75, 3.05) is 19.0 Å². The van der Waals surface area contributed by atoms with Crippen molar-refractivity contribution in [2.24, 2.45) is 0 Å². The second-order valence-electron chi connectivity index (χ2n) is 2.95. The van der Waals surface area contributed by atoms with Crippen molar-refractivity contribution in [2.45, 2.75) is 13.0 Å². The van der Waals surface area contributed by atoms with E-state index in [0.29, 0.717) is 5.88 Å². The predicted molar refractivity (Wildman–Crippen MR) is 59.6 cm³/mol. The third kappa shape index (κ3) is 5.04. The minimum Gasteiger partial charge on any atom is -0.313 e. The lowest BCUT2D eigenvalue weighted by molar-refractivity contribution is 0.555. The number of nitrogens with one attached hydrogen (secondary N) is 1. The van der Waals surface area contributed by atoms with E-state index in [9.17, 15) is 0 Å². The molecule has 0 amide bonds. The lowest BCUT2D eigenvalue weighted by atomic mass is 10.4. The first kappa shape index (κ1) is 11.3. The van der Waals surface area contributed by atoms with E-state index < -0.39 is 0 Å². The van der Waals surface area contributed by atoms with Crippen molar-refractivity contribution in [3.63, 3.8) is 0 Å². The molecule has 1 N–H and O–H groups in total. The van der Waals surface area contributed by atoms with Gasteiger partial charge in [-0.1, -0.05) is 12.2 Å². The highest BCUT2D eigenvalue weighted by Crippen LogP contribution is 1.87. The quantitative estimate of drug-likeness (QED) is 0.424. The average molecular weight is 214 g/mol. The van der Waals surface area contributed by atoms with Crippen LogP contribution in [0, 0.1) is 0 Å². The van der Waals surface area contributed by atoms with Crippen molar-refractivity contribution in [3.05, 3.63) is 30.6 Å². The van der Waals surface area contributed by atoms with Gasteiger partial charge in [0.05, 0.1) is 0 Å². The van der Waals surface area contributed by atoms with Crippen LogP contribution >= 0.6 is 11.6 Å². The third-order valence-electron chi connectivity index (χ3n) is 1.82. The third-order valence-corrected chi connectivity index (χ3v) is 2.00. The number of hydrogen-bond donors (Lipinski definition) is 1. The molecule has 3 nitrogen and oxygen atoms in total. The topological polar surface area (TPSA) is 29.9 Å². The molecule has 1 aromatic rings. The number of nitrogens with zero attached hydrogens (tertiary/aromatic N) is 2. The Morgan fingerprint density at radius 3 is 3.07 bits per heavy atom. The van der Waals surface area contributed by atoms with E-state index in [0.717, 1.165) is 26.1 Å². The Bertz CT molecular complexity index is 244. The Balaban J connectivity index is 1.92. The van der Waals surface area contributed by atoms with Gasteiger partial charge in [-0.05, 0) is 19.0 Å². The first-order chi connectivity index (χ1) is 6.93. The summed E-state index contributed by atoms with van der Waals surface area (Å²) >= 11 is 5.48. The van der Waals surface area contributed by atoms with Gasteiger partial charge in [0.1, 0.15) is 0 Å². The molecule has 0 unspecified atom stereocenters. The standard InChI is InChI=1S/C10H16ClN3/c11-5-1-2-6-12-7-3-9-14-10-4-8-13-14/h1-2,4,8,10,12H,3,5-7,9H2/b2-1+. The maximum atomic E-state index is 5.48. The Labute approximate surface area is 89.8 Å². The smallest absolute Gasteiger partial charge is 0.0489 e. The fourth-order valence-corrected chi connectivity index (χ4v) is 1.26. The number of hydrogen-bond acceptors (Lipinski definition) is 2. The summed E-state index contributed by atoms with van der Waals surface area (Å²) < 4.78 is 1.94. The summed E-state index contributed by atoms with van der Waals surface area (Å²) in [7, 11) is 0. The Kier molecular flexibility index (Phi) is 6.11. The minimum atomic E-state index is 0.592. The summed E-state index contributed by atoms with van der Waals surface area (Å²) in [5, 5.41) is 7.42. The Morgan fingerprint density at radius 1 is 1.43 bits per heavy atom. The van der Waals surface area contributed by atoms with E-state index in [1.165, 1.54) is 0 Å². The van der Waals surface area contributed by atoms with Crippen LogP contribution in [0.1, 0.15) is 6.42 Å². The van der Waals surface area contributed by atoms with Crippen molar-refractivity contribution in [1.82, 2.24) is 15.1 Å². The summed E-state index contributed by atoms with van der Waals surface area (Å²) in [6, 6.07) is 1.94. The average Bonchev–Trinajstić information content (AvgIpc) is 2.69. The predicted octanol–water partition coefficient (Wildman–Crippen LogP) is 1.66. The first-order valence-electron chi connectivity index (χ1n) is 4.82. The molecule has 0 atom stereocenters. The van der Waals surface area contributed by atoms with Crippen molar-refractivity contribution in [3.8, 4) is 0 Å². The molecule has 14 heavy (non-hydrogen) atoms. The fraction of sp³-hybridized carbons (Fsp3) is 0.500. The van der Waals surface area contributed by atoms with E-state index in [1.54, 1.807) is 6.20 Å². The van der Waals surface area contributed by atoms with Gasteiger partial charge in [0, 0.05) is 31.4 Å². The number of rotatable bonds is 7. The van der Waals surface area contributed by atoms with Gasteiger partial charge in [0.15, 0.2) is 0 Å². The summed E-state index contributed by atoms with van der Waals surface area (Å²) in [6.07, 6.45) is 8.86. The second-order valence-corrected chi connectivity index (χ2v) is 3.26. The molecule has 4 heteroatoms. The van der Waals surface area contributed by atoms with Gasteiger partial charge < -0.3 is 5.32 Å². The number of aryl methyl sites for hydroxylation is 1. The van der Waals surface area contributed by atoms with Crippen LogP contribution in [0.2, 0.25) is 0 Å². The van der Waals surface area contributed by atoms with Gasteiger partial charge in [-0.3, -0.25) is 4.68 Å². The van der Waals surface area contributed by atoms with Crippen LogP contribution in [-0.2, 0) is 6.54 Å². The van der Waals surface area contributed by atoms with E-state index in [4.69, 9.17) is 11.6 Å². The summed E-state index contributed by atoms with van der Waals surface area (Å²) in [4.78, 5) is 0. The van der Waals surface area contributed by atoms with Gasteiger partial charge in [0.2, 0.25) is 0 Å². The molecule has 1 aromatic heterocycles. The molecule has 0 aliphatic rings. The molecular formula is C10H16ClN3. The lowest BCUT2D eigenvalue weighted by Crippen LogP contribution is -2.16. The van der Waals surface area contributed by atoms with Crippen molar-refractivity contribution in [1.29, 1.82) is 0 Å². The zero-order valence-electron chi connectivity index (χ0n) is 8.19. The fourth-order valence-electron chi connectivity index (χ4n) is 1.13. The monoisotopic (exact) mass is 213 g/mol. The van der Waals surface area contributed by atoms with Crippen LogP contribution in [-0.4, -0.2) is 28.8 Å². The van der Waals surface area contributed by atoms with Gasteiger partial charge in [0.25, 0.3) is 0 Å². The molecule has 0 radical (unpaired) electrons. The molecular weight excluding hydrogens is 198 g/mol. The van der Waals surface area contributed by atoms with E-state index >= 15 is 0 Å². The molecule has 0 saturated heterocycles. The largest absolute Gasteiger partial charge is 0.313 e. The molecule has 0 fully saturated rings. The van der Waals surface area contributed by atoms with Crippen molar-refractivity contribution < 1.29 is 0 Å². The number of aromatic nitrogens is 2. The molecule has 0 aliphatic heterocycles.